The Labute approximate surface area is 118 Å². The summed E-state index contributed by atoms with van der Waals surface area (Å²) in [6, 6.07) is 5.23. The summed E-state index contributed by atoms with van der Waals surface area (Å²) in [6.45, 7) is 0.829. The Balaban J connectivity index is 2.11. The van der Waals surface area contributed by atoms with Gasteiger partial charge in [-0.1, -0.05) is 18.9 Å². The summed E-state index contributed by atoms with van der Waals surface area (Å²) in [5, 5.41) is 0. The second kappa shape index (κ2) is 4.77. The molecule has 2 N–H and O–H groups in total. The SMILES string of the molecule is CS(=O)(=O)c1cccc2c1nc(N)n2CC1CCCC1. The maximum absolute atomic E-state index is 11.8. The van der Waals surface area contributed by atoms with Crippen LogP contribution in [0.5, 0.6) is 0 Å². The molecule has 0 amide bonds. The van der Waals surface area contributed by atoms with Gasteiger partial charge in [-0.2, -0.15) is 0 Å². The van der Waals surface area contributed by atoms with E-state index in [1.807, 2.05) is 10.6 Å². The highest BCUT2D eigenvalue weighted by molar-refractivity contribution is 7.91. The molecule has 0 unspecified atom stereocenters. The van der Waals surface area contributed by atoms with Gasteiger partial charge in [0.05, 0.1) is 10.4 Å². The van der Waals surface area contributed by atoms with Crippen molar-refractivity contribution in [2.24, 2.45) is 5.92 Å². The lowest BCUT2D eigenvalue weighted by Crippen LogP contribution is -2.10. The number of fused-ring (bicyclic) bond motifs is 1. The number of hydrogen-bond donors (Lipinski definition) is 1. The first-order valence-corrected chi connectivity index (χ1v) is 8.81. The molecule has 3 rings (SSSR count). The van der Waals surface area contributed by atoms with Gasteiger partial charge in [0.25, 0.3) is 0 Å². The number of rotatable bonds is 3. The first kappa shape index (κ1) is 13.4. The van der Waals surface area contributed by atoms with Gasteiger partial charge in [0.2, 0.25) is 5.95 Å². The summed E-state index contributed by atoms with van der Waals surface area (Å²) >= 11 is 0. The molecule has 0 aliphatic heterocycles. The van der Waals surface area contributed by atoms with E-state index in [0.29, 0.717) is 17.4 Å². The van der Waals surface area contributed by atoms with E-state index >= 15 is 0 Å². The Kier molecular flexibility index (Phi) is 3.20. The van der Waals surface area contributed by atoms with Crippen LogP contribution in [0.4, 0.5) is 5.95 Å². The van der Waals surface area contributed by atoms with Crippen LogP contribution in [0.1, 0.15) is 25.7 Å². The first-order valence-electron chi connectivity index (χ1n) is 6.91. The van der Waals surface area contributed by atoms with Crippen LogP contribution >= 0.6 is 0 Å². The Bertz CT molecular complexity index is 743. The average molecular weight is 293 g/mol. The third-order valence-electron chi connectivity index (χ3n) is 4.09. The molecular formula is C14H19N3O2S. The highest BCUT2D eigenvalue weighted by Crippen LogP contribution is 2.30. The number of hydrogen-bond acceptors (Lipinski definition) is 4. The van der Waals surface area contributed by atoms with Crippen LogP contribution in [0.2, 0.25) is 0 Å². The van der Waals surface area contributed by atoms with Crippen molar-refractivity contribution in [1.29, 1.82) is 0 Å². The van der Waals surface area contributed by atoms with Crippen LogP contribution < -0.4 is 5.73 Å². The summed E-state index contributed by atoms with van der Waals surface area (Å²) in [6.07, 6.45) is 6.17. The predicted molar refractivity (Wildman–Crippen MR) is 79.2 cm³/mol. The molecule has 0 spiro atoms. The summed E-state index contributed by atoms with van der Waals surface area (Å²) in [7, 11) is -3.29. The molecule has 0 saturated heterocycles. The van der Waals surface area contributed by atoms with Crippen molar-refractivity contribution in [2.45, 2.75) is 37.1 Å². The maximum atomic E-state index is 11.8. The Morgan fingerprint density at radius 3 is 2.70 bits per heavy atom. The van der Waals surface area contributed by atoms with E-state index < -0.39 is 9.84 Å². The number of nitrogens with two attached hydrogens (primary N) is 1. The summed E-state index contributed by atoms with van der Waals surface area (Å²) in [5.41, 5.74) is 7.31. The number of para-hydroxylation sites is 1. The van der Waals surface area contributed by atoms with Crippen LogP contribution in [0.3, 0.4) is 0 Å². The van der Waals surface area contributed by atoms with Crippen molar-refractivity contribution >= 4 is 26.8 Å². The van der Waals surface area contributed by atoms with Crippen molar-refractivity contribution in [1.82, 2.24) is 9.55 Å². The van der Waals surface area contributed by atoms with Gasteiger partial charge in [0.15, 0.2) is 9.84 Å². The molecule has 1 heterocycles. The Morgan fingerprint density at radius 2 is 2.05 bits per heavy atom. The van der Waals surface area contributed by atoms with E-state index in [2.05, 4.69) is 4.98 Å². The predicted octanol–water partition coefficient (Wildman–Crippen LogP) is 2.21. The molecule has 0 radical (unpaired) electrons. The molecule has 1 aromatic heterocycles. The van der Waals surface area contributed by atoms with Gasteiger partial charge < -0.3 is 10.3 Å². The Hall–Kier alpha value is -1.56. The number of imidazole rings is 1. The second-order valence-electron chi connectivity index (χ2n) is 5.63. The minimum absolute atomic E-state index is 0.256. The lowest BCUT2D eigenvalue weighted by atomic mass is 10.1. The van der Waals surface area contributed by atoms with Crippen molar-refractivity contribution < 1.29 is 8.42 Å². The molecule has 0 atom stereocenters. The molecule has 1 fully saturated rings. The minimum Gasteiger partial charge on any atom is -0.369 e. The fourth-order valence-corrected chi connectivity index (χ4v) is 3.91. The standard InChI is InChI=1S/C14H19N3O2S/c1-20(18,19)12-8-4-7-11-13(12)16-14(15)17(11)9-10-5-2-3-6-10/h4,7-8,10H,2-3,5-6,9H2,1H3,(H2,15,16). The lowest BCUT2D eigenvalue weighted by molar-refractivity contribution is 0.468. The van der Waals surface area contributed by atoms with Gasteiger partial charge in [-0.15, -0.1) is 0 Å². The highest BCUT2D eigenvalue weighted by Gasteiger charge is 2.21. The maximum Gasteiger partial charge on any atom is 0.201 e. The summed E-state index contributed by atoms with van der Waals surface area (Å²) in [5.74, 6) is 1.03. The number of aromatic nitrogens is 2. The fraction of sp³-hybridized carbons (Fsp3) is 0.500. The van der Waals surface area contributed by atoms with E-state index in [9.17, 15) is 8.42 Å². The molecule has 0 bridgehead atoms. The normalized spacial score (nSPS) is 17.1. The zero-order chi connectivity index (χ0) is 14.3. The Morgan fingerprint density at radius 1 is 1.35 bits per heavy atom. The third-order valence-corrected chi connectivity index (χ3v) is 5.21. The molecule has 5 nitrogen and oxygen atoms in total. The van der Waals surface area contributed by atoms with Gasteiger partial charge in [0, 0.05) is 12.8 Å². The topological polar surface area (TPSA) is 78.0 Å². The minimum atomic E-state index is -3.29. The lowest BCUT2D eigenvalue weighted by Gasteiger charge is -2.12. The van der Waals surface area contributed by atoms with E-state index in [1.165, 1.54) is 31.9 Å². The highest BCUT2D eigenvalue weighted by atomic mass is 32.2. The van der Waals surface area contributed by atoms with Crippen LogP contribution in [-0.2, 0) is 16.4 Å². The fourth-order valence-electron chi connectivity index (χ4n) is 3.08. The van der Waals surface area contributed by atoms with E-state index in [0.717, 1.165) is 12.1 Å². The average Bonchev–Trinajstić information content (AvgIpc) is 2.97. The van der Waals surface area contributed by atoms with Crippen molar-refractivity contribution in [3.63, 3.8) is 0 Å². The van der Waals surface area contributed by atoms with Crippen LogP contribution in [0, 0.1) is 5.92 Å². The van der Waals surface area contributed by atoms with Gasteiger partial charge >= 0.3 is 0 Å². The van der Waals surface area contributed by atoms with Crippen LogP contribution in [0.25, 0.3) is 11.0 Å². The zero-order valence-electron chi connectivity index (χ0n) is 11.5. The molecule has 6 heteroatoms. The summed E-state index contributed by atoms with van der Waals surface area (Å²) < 4.78 is 25.6. The molecule has 1 aliphatic carbocycles. The van der Waals surface area contributed by atoms with Gasteiger partial charge in [0.1, 0.15) is 5.52 Å². The van der Waals surface area contributed by atoms with Gasteiger partial charge in [-0.25, -0.2) is 13.4 Å². The number of benzene rings is 1. The van der Waals surface area contributed by atoms with Gasteiger partial charge in [-0.3, -0.25) is 0 Å². The molecule has 108 valence electrons. The molecule has 1 aromatic carbocycles. The van der Waals surface area contributed by atoms with E-state index in [-0.39, 0.29) is 4.90 Å². The quantitative estimate of drug-likeness (QED) is 0.941. The monoisotopic (exact) mass is 293 g/mol. The number of nitrogens with zero attached hydrogens (tertiary/aromatic N) is 2. The van der Waals surface area contributed by atoms with Crippen LogP contribution in [-0.4, -0.2) is 24.2 Å². The molecule has 2 aromatic rings. The second-order valence-corrected chi connectivity index (χ2v) is 7.61. The van der Waals surface area contributed by atoms with Gasteiger partial charge in [-0.05, 0) is 30.9 Å². The van der Waals surface area contributed by atoms with E-state index in [4.69, 9.17) is 5.73 Å². The van der Waals surface area contributed by atoms with Crippen molar-refractivity contribution in [3.8, 4) is 0 Å². The molecular weight excluding hydrogens is 274 g/mol. The molecule has 1 aliphatic rings. The zero-order valence-corrected chi connectivity index (χ0v) is 12.4. The molecule has 20 heavy (non-hydrogen) atoms. The number of nitrogen functional groups attached to an aromatic ring is 1. The number of anilines is 1. The van der Waals surface area contributed by atoms with Crippen molar-refractivity contribution in [2.75, 3.05) is 12.0 Å². The number of sulfone groups is 1. The first-order chi connectivity index (χ1) is 9.47. The molecule has 1 saturated carbocycles. The van der Waals surface area contributed by atoms with E-state index in [1.54, 1.807) is 12.1 Å². The largest absolute Gasteiger partial charge is 0.369 e. The smallest absolute Gasteiger partial charge is 0.201 e. The summed E-state index contributed by atoms with van der Waals surface area (Å²) in [4.78, 5) is 4.54. The van der Waals surface area contributed by atoms with Crippen molar-refractivity contribution in [3.05, 3.63) is 18.2 Å². The third kappa shape index (κ3) is 2.28. The van der Waals surface area contributed by atoms with Crippen LogP contribution in [0.15, 0.2) is 23.1 Å².